The van der Waals surface area contributed by atoms with Gasteiger partial charge in [-0.05, 0) is 44.7 Å². The summed E-state index contributed by atoms with van der Waals surface area (Å²) in [6.45, 7) is 5.67. The van der Waals surface area contributed by atoms with Crippen LogP contribution in [-0.4, -0.2) is 26.8 Å². The molecule has 0 saturated carbocycles. The predicted molar refractivity (Wildman–Crippen MR) is 95.0 cm³/mol. The van der Waals surface area contributed by atoms with E-state index in [2.05, 4.69) is 10.1 Å². The molecule has 120 valence electrons. The summed E-state index contributed by atoms with van der Waals surface area (Å²) in [5, 5.41) is 2.86. The van der Waals surface area contributed by atoms with Crippen molar-refractivity contribution in [1.29, 1.82) is 0 Å². The molecule has 0 unspecified atom stereocenters. The summed E-state index contributed by atoms with van der Waals surface area (Å²) in [4.78, 5) is 29.7. The Bertz CT molecular complexity index is 950. The number of hydrogen-bond acceptors (Lipinski definition) is 5. The molecule has 2 aromatic heterocycles. The summed E-state index contributed by atoms with van der Waals surface area (Å²) in [6.07, 6.45) is 3.47. The summed E-state index contributed by atoms with van der Waals surface area (Å²) >= 11 is 3.19. The lowest BCUT2D eigenvalue weighted by Crippen LogP contribution is -2.23. The second-order valence-electron chi connectivity index (χ2n) is 5.55. The lowest BCUT2D eigenvalue weighted by atomic mass is 10.0. The number of aromatic nitrogens is 3. The molecule has 0 amide bonds. The Hall–Kier alpha value is -1.86. The number of thioether (sulfide) groups is 1. The first-order chi connectivity index (χ1) is 10.9. The van der Waals surface area contributed by atoms with Gasteiger partial charge in [0.05, 0.1) is 10.2 Å². The largest absolute Gasteiger partial charge is 0.302 e. The normalized spacial score (nSPS) is 11.5. The van der Waals surface area contributed by atoms with Gasteiger partial charge in [-0.3, -0.25) is 14.3 Å². The Morgan fingerprint density at radius 1 is 1.35 bits per heavy atom. The van der Waals surface area contributed by atoms with Crippen LogP contribution in [0, 0.1) is 6.92 Å². The molecular weight excluding hydrogens is 330 g/mol. The summed E-state index contributed by atoms with van der Waals surface area (Å²) in [7, 11) is 0. The monoisotopic (exact) mass is 347 g/mol. The summed E-state index contributed by atoms with van der Waals surface area (Å²) in [5.74, 6) is -0.260. The minimum Gasteiger partial charge on any atom is -0.302 e. The number of fused-ring (bicyclic) bond motifs is 1. The van der Waals surface area contributed by atoms with E-state index in [4.69, 9.17) is 0 Å². The van der Waals surface area contributed by atoms with Crippen molar-refractivity contribution in [3.63, 3.8) is 0 Å². The van der Waals surface area contributed by atoms with E-state index in [1.807, 2.05) is 33.1 Å². The van der Waals surface area contributed by atoms with E-state index in [-0.39, 0.29) is 22.9 Å². The van der Waals surface area contributed by atoms with Gasteiger partial charge in [-0.2, -0.15) is 0 Å². The van der Waals surface area contributed by atoms with Crippen LogP contribution in [-0.2, 0) is 0 Å². The first kappa shape index (κ1) is 16.0. The van der Waals surface area contributed by atoms with Crippen molar-refractivity contribution in [2.45, 2.75) is 31.2 Å². The zero-order valence-corrected chi connectivity index (χ0v) is 15.0. The minimum absolute atomic E-state index is 0.0182. The molecule has 0 aliphatic rings. The highest BCUT2D eigenvalue weighted by molar-refractivity contribution is 8.00. The number of ketones is 1. The number of H-pyrrole nitrogens is 1. The Kier molecular flexibility index (Phi) is 4.16. The van der Waals surface area contributed by atoms with Crippen LogP contribution < -0.4 is 5.56 Å². The number of nitrogens with one attached hydrogen (secondary N) is 1. The second-order valence-corrected chi connectivity index (χ2v) is 7.64. The maximum absolute atomic E-state index is 12.8. The van der Waals surface area contributed by atoms with E-state index in [0.29, 0.717) is 5.56 Å². The van der Waals surface area contributed by atoms with Crippen molar-refractivity contribution >= 4 is 39.1 Å². The number of nitrogens with zero attached hydrogens (tertiary/aromatic N) is 2. The molecule has 7 heteroatoms. The summed E-state index contributed by atoms with van der Waals surface area (Å²) in [5.41, 5.74) is 2.07. The predicted octanol–water partition coefficient (Wildman–Crippen LogP) is 3.63. The topological polar surface area (TPSA) is 67.8 Å². The van der Waals surface area contributed by atoms with Gasteiger partial charge < -0.3 is 5.10 Å². The van der Waals surface area contributed by atoms with E-state index in [1.54, 1.807) is 29.2 Å². The highest BCUT2D eigenvalue weighted by Gasteiger charge is 2.21. The van der Waals surface area contributed by atoms with Gasteiger partial charge in [0.15, 0.2) is 4.34 Å². The number of carbonyl (C=O) groups is 1. The number of benzene rings is 1. The second kappa shape index (κ2) is 5.98. The number of hydrogen-bond donors (Lipinski definition) is 1. The van der Waals surface area contributed by atoms with Gasteiger partial charge >= 0.3 is 0 Å². The van der Waals surface area contributed by atoms with Crippen LogP contribution in [0.1, 0.15) is 41.4 Å². The molecule has 0 bridgehead atoms. The van der Waals surface area contributed by atoms with E-state index >= 15 is 0 Å². The SMILES string of the molecule is CSc1nc2c(C)c(C(=O)c3c[nH]n(C(C)C)c3=O)ccc2s1. The Balaban J connectivity index is 2.11. The van der Waals surface area contributed by atoms with Gasteiger partial charge in [-0.15, -0.1) is 11.3 Å². The fraction of sp³-hybridized carbons (Fsp3) is 0.312. The molecule has 1 aromatic carbocycles. The summed E-state index contributed by atoms with van der Waals surface area (Å²) in [6, 6.07) is 3.67. The first-order valence-corrected chi connectivity index (χ1v) is 9.27. The van der Waals surface area contributed by atoms with Crippen LogP contribution in [0.4, 0.5) is 0 Å². The number of aromatic amines is 1. The van der Waals surface area contributed by atoms with Gasteiger partial charge in [0.2, 0.25) is 5.78 Å². The van der Waals surface area contributed by atoms with Crippen molar-refractivity contribution < 1.29 is 4.79 Å². The molecule has 0 spiro atoms. The quantitative estimate of drug-likeness (QED) is 0.578. The third-order valence-corrected chi connectivity index (χ3v) is 5.78. The van der Waals surface area contributed by atoms with Crippen molar-refractivity contribution in [2.24, 2.45) is 0 Å². The number of aryl methyl sites for hydroxylation is 1. The van der Waals surface area contributed by atoms with Gasteiger partial charge in [0, 0.05) is 17.8 Å². The van der Waals surface area contributed by atoms with Crippen molar-refractivity contribution in [3.8, 4) is 0 Å². The third kappa shape index (κ3) is 2.64. The van der Waals surface area contributed by atoms with E-state index < -0.39 is 0 Å². The van der Waals surface area contributed by atoms with Gasteiger partial charge in [-0.1, -0.05) is 11.8 Å². The third-order valence-electron chi connectivity index (χ3n) is 3.77. The standard InChI is InChI=1S/C16H17N3O2S2/c1-8(2)19-15(21)11(7-17-19)14(20)10-5-6-12-13(9(10)3)18-16(22-4)23-12/h5-8,17H,1-4H3. The van der Waals surface area contributed by atoms with E-state index in [9.17, 15) is 9.59 Å². The highest BCUT2D eigenvalue weighted by Crippen LogP contribution is 2.31. The lowest BCUT2D eigenvalue weighted by molar-refractivity contribution is 0.103. The zero-order chi connectivity index (χ0) is 16.7. The Labute approximate surface area is 141 Å². The lowest BCUT2D eigenvalue weighted by Gasteiger charge is -2.05. The zero-order valence-electron chi connectivity index (χ0n) is 13.3. The van der Waals surface area contributed by atoms with Crippen molar-refractivity contribution in [3.05, 3.63) is 45.4 Å². The van der Waals surface area contributed by atoms with Crippen LogP contribution in [0.2, 0.25) is 0 Å². The molecule has 0 aliphatic carbocycles. The molecule has 0 saturated heterocycles. The molecule has 0 radical (unpaired) electrons. The molecule has 3 rings (SSSR count). The van der Waals surface area contributed by atoms with E-state index in [0.717, 1.165) is 20.1 Å². The van der Waals surface area contributed by atoms with Crippen molar-refractivity contribution in [2.75, 3.05) is 6.26 Å². The maximum Gasteiger partial charge on any atom is 0.277 e. The molecular formula is C16H17N3O2S2. The average Bonchev–Trinajstić information content (AvgIpc) is 3.10. The van der Waals surface area contributed by atoms with Crippen LogP contribution in [0.5, 0.6) is 0 Å². The number of rotatable bonds is 4. The van der Waals surface area contributed by atoms with Crippen molar-refractivity contribution in [1.82, 2.24) is 14.8 Å². The molecule has 1 N–H and O–H groups in total. The minimum atomic E-state index is -0.285. The molecule has 3 aromatic rings. The molecule has 0 atom stereocenters. The Morgan fingerprint density at radius 2 is 2.09 bits per heavy atom. The molecule has 2 heterocycles. The molecule has 5 nitrogen and oxygen atoms in total. The number of carbonyl (C=O) groups excluding carboxylic acids is 1. The fourth-order valence-electron chi connectivity index (χ4n) is 2.51. The van der Waals surface area contributed by atoms with Gasteiger partial charge in [0.1, 0.15) is 5.56 Å². The number of thiazole rings is 1. The van der Waals surface area contributed by atoms with Crippen LogP contribution in [0.25, 0.3) is 10.2 Å². The smallest absolute Gasteiger partial charge is 0.277 e. The molecule has 23 heavy (non-hydrogen) atoms. The van der Waals surface area contributed by atoms with E-state index in [1.165, 1.54) is 10.9 Å². The maximum atomic E-state index is 12.8. The van der Waals surface area contributed by atoms with Gasteiger partial charge in [-0.25, -0.2) is 4.98 Å². The van der Waals surface area contributed by atoms with Gasteiger partial charge in [0.25, 0.3) is 5.56 Å². The van der Waals surface area contributed by atoms with Crippen LogP contribution >= 0.6 is 23.1 Å². The molecule has 0 fully saturated rings. The average molecular weight is 347 g/mol. The fourth-order valence-corrected chi connectivity index (χ4v) is 4.06. The highest BCUT2D eigenvalue weighted by atomic mass is 32.2. The molecule has 0 aliphatic heterocycles. The summed E-state index contributed by atoms with van der Waals surface area (Å²) < 4.78 is 3.48. The first-order valence-electron chi connectivity index (χ1n) is 7.22. The van der Waals surface area contributed by atoms with Crippen LogP contribution in [0.15, 0.2) is 27.5 Å². The Morgan fingerprint density at radius 3 is 2.70 bits per heavy atom. The van der Waals surface area contributed by atoms with Crippen LogP contribution in [0.3, 0.4) is 0 Å².